The van der Waals surface area contributed by atoms with Crippen LogP contribution in [0.25, 0.3) is 0 Å². The third-order valence-corrected chi connectivity index (χ3v) is 10.3. The van der Waals surface area contributed by atoms with E-state index in [0.717, 1.165) is 0 Å². The van der Waals surface area contributed by atoms with Crippen molar-refractivity contribution < 1.29 is 12.5 Å². The molecule has 0 heterocycles. The van der Waals surface area contributed by atoms with Gasteiger partial charge in [0.05, 0.1) is 0 Å². The molecule has 12 heavy (non-hydrogen) atoms. The molecule has 3 nitrogen and oxygen atoms in total. The standard InChI is InChI=1S/C6H11O2.2CH3.O.Sb/c1-4-8-6(7)5(2)3;;;;/h4H2,1-3H3;2*1H3;;. The van der Waals surface area contributed by atoms with Crippen LogP contribution in [0.1, 0.15) is 20.8 Å². The topological polar surface area (TPSA) is 43.4 Å². The van der Waals surface area contributed by atoms with Crippen LogP contribution in [0.4, 0.5) is 0 Å². The number of hydrogen-bond acceptors (Lipinski definition) is 3. The van der Waals surface area contributed by atoms with Gasteiger partial charge in [-0.15, -0.1) is 0 Å². The molecule has 0 spiro atoms. The zero-order valence-electron chi connectivity index (χ0n) is 8.38. The van der Waals surface area contributed by atoms with Gasteiger partial charge in [0.15, 0.2) is 0 Å². The van der Waals surface area contributed by atoms with Gasteiger partial charge >= 0.3 is 77.8 Å². The van der Waals surface area contributed by atoms with Crippen molar-refractivity contribution in [2.75, 3.05) is 6.61 Å². The molecule has 0 aromatic carbocycles. The average Bonchev–Trinajstić information content (AvgIpc) is 1.85. The van der Waals surface area contributed by atoms with Crippen molar-refractivity contribution in [2.24, 2.45) is 0 Å². The number of carbonyl (C=O) groups is 1. The van der Waals surface area contributed by atoms with Gasteiger partial charge in [-0.3, -0.25) is 0 Å². The molecule has 0 rings (SSSR count). The maximum absolute atomic E-state index is 11.7. The second-order valence-corrected chi connectivity index (χ2v) is 14.5. The second kappa shape index (κ2) is 3.86. The zero-order valence-corrected chi connectivity index (χ0v) is 10.9. The molecule has 0 saturated carbocycles. The molecule has 4 heteroatoms. The number of ether oxygens (including phenoxy) is 1. The summed E-state index contributed by atoms with van der Waals surface area (Å²) in [5.41, 5.74) is 0. The van der Waals surface area contributed by atoms with Crippen LogP contribution in [0, 0.1) is 0 Å². The van der Waals surface area contributed by atoms with E-state index in [1.165, 1.54) is 0 Å². The number of hydrogen-bond donors (Lipinski definition) is 0. The molecule has 0 bridgehead atoms. The molecule has 0 aromatic heterocycles. The molecule has 0 atom stereocenters. The van der Waals surface area contributed by atoms with Gasteiger partial charge in [-0.05, 0) is 0 Å². The molecule has 0 aliphatic rings. The van der Waals surface area contributed by atoms with Gasteiger partial charge < -0.3 is 0 Å². The molecular weight excluding hydrogens is 266 g/mol. The molecule has 0 aromatic rings. The fourth-order valence-corrected chi connectivity index (χ4v) is 1.97. The summed E-state index contributed by atoms with van der Waals surface area (Å²) in [5, 5.41) is 0. The average molecular weight is 283 g/mol. The Labute approximate surface area is 77.9 Å². The first-order valence-electron chi connectivity index (χ1n) is 3.95. The predicted octanol–water partition coefficient (Wildman–Crippen LogP) is 1.97. The van der Waals surface area contributed by atoms with Crippen LogP contribution in [-0.2, 0) is 12.5 Å². The first kappa shape index (κ1) is 12.1. The van der Waals surface area contributed by atoms with Crippen LogP contribution in [0.2, 0.25) is 13.1 Å². The Morgan fingerprint density at radius 2 is 1.83 bits per heavy atom. The van der Waals surface area contributed by atoms with Gasteiger partial charge in [-0.25, -0.2) is 0 Å². The van der Waals surface area contributed by atoms with Gasteiger partial charge in [-0.1, -0.05) is 0 Å². The minimum atomic E-state index is -3.33. The van der Waals surface area contributed by atoms with E-state index in [2.05, 4.69) is 0 Å². The SMILES string of the molecule is CCOC(=O)[C](C)(C)[Sb]([CH3])([CH3])=[O]. The van der Waals surface area contributed by atoms with Gasteiger partial charge in [-0.2, -0.15) is 0 Å². The first-order valence-corrected chi connectivity index (χ1v) is 11.4. The van der Waals surface area contributed by atoms with E-state index >= 15 is 0 Å². The van der Waals surface area contributed by atoms with E-state index in [-0.39, 0.29) is 5.97 Å². The van der Waals surface area contributed by atoms with Crippen LogP contribution in [0.15, 0.2) is 0 Å². The Bertz CT molecular complexity index is 214. The van der Waals surface area contributed by atoms with E-state index in [1.54, 1.807) is 30.5 Å². The summed E-state index contributed by atoms with van der Waals surface area (Å²) in [6.45, 7) is 5.50. The van der Waals surface area contributed by atoms with Crippen molar-refractivity contribution in [1.29, 1.82) is 0 Å². The summed E-state index contributed by atoms with van der Waals surface area (Å²) in [5.74, 6) is -0.337. The van der Waals surface area contributed by atoms with Crippen LogP contribution >= 0.6 is 0 Å². The first-order chi connectivity index (χ1) is 5.23. The minimum absolute atomic E-state index is 0.337. The number of rotatable bonds is 3. The normalized spacial score (nSPS) is 12.8. The van der Waals surface area contributed by atoms with Gasteiger partial charge in [0.1, 0.15) is 0 Å². The summed E-state index contributed by atoms with van der Waals surface area (Å²) < 4.78 is 15.8. The van der Waals surface area contributed by atoms with Gasteiger partial charge in [0, 0.05) is 0 Å². The molecule has 0 unspecified atom stereocenters. The molecule has 72 valence electrons. The number of carbonyl (C=O) groups excluding carboxylic acids is 1. The van der Waals surface area contributed by atoms with Crippen molar-refractivity contribution in [3.8, 4) is 0 Å². The molecule has 0 amide bonds. The third-order valence-electron chi connectivity index (χ3n) is 2.12. The van der Waals surface area contributed by atoms with Crippen molar-refractivity contribution in [1.82, 2.24) is 0 Å². The van der Waals surface area contributed by atoms with Crippen molar-refractivity contribution in [3.05, 3.63) is 0 Å². The Kier molecular flexibility index (Phi) is 3.89. The van der Waals surface area contributed by atoms with E-state index in [0.29, 0.717) is 6.61 Å². The van der Waals surface area contributed by atoms with E-state index < -0.39 is 22.2 Å². The molecule has 0 aliphatic heterocycles. The summed E-state index contributed by atoms with van der Waals surface area (Å²) >= 11 is -3.33. The van der Waals surface area contributed by atoms with E-state index in [4.69, 9.17) is 4.74 Å². The van der Waals surface area contributed by atoms with Crippen molar-refractivity contribution in [2.45, 2.75) is 33.9 Å². The quantitative estimate of drug-likeness (QED) is 0.587. The van der Waals surface area contributed by atoms with Crippen LogP contribution in [0.5, 0.6) is 0 Å². The molecule has 0 fully saturated rings. The Morgan fingerprint density at radius 3 is 2.08 bits per heavy atom. The van der Waals surface area contributed by atoms with Crippen LogP contribution < -0.4 is 0 Å². The van der Waals surface area contributed by atoms with Crippen molar-refractivity contribution >= 4 is 24.8 Å². The Hall–Kier alpha value is 0.0882. The molecule has 0 aliphatic carbocycles. The predicted molar refractivity (Wildman–Crippen MR) is 48.8 cm³/mol. The van der Waals surface area contributed by atoms with Crippen molar-refractivity contribution in [3.63, 3.8) is 0 Å². The fraction of sp³-hybridized carbons (Fsp3) is 0.875. The summed E-state index contributed by atoms with van der Waals surface area (Å²) in [6, 6.07) is 0. The maximum atomic E-state index is 11.7. The molecule has 0 saturated heterocycles. The molecule has 0 N–H and O–H groups in total. The second-order valence-electron chi connectivity index (χ2n) is 3.63. The Balaban J connectivity index is 4.62. The van der Waals surface area contributed by atoms with E-state index in [1.807, 2.05) is 0 Å². The summed E-state index contributed by atoms with van der Waals surface area (Å²) in [6.07, 6.45) is 0. The van der Waals surface area contributed by atoms with E-state index in [9.17, 15) is 7.81 Å². The molecule has 0 radical (unpaired) electrons. The van der Waals surface area contributed by atoms with Gasteiger partial charge in [0.25, 0.3) is 0 Å². The van der Waals surface area contributed by atoms with Gasteiger partial charge in [0.2, 0.25) is 0 Å². The van der Waals surface area contributed by atoms with Crippen LogP contribution in [-0.4, -0.2) is 31.4 Å². The summed E-state index contributed by atoms with van der Waals surface area (Å²) in [7, 11) is 0. The third kappa shape index (κ3) is 2.55. The zero-order chi connectivity index (χ0) is 9.99. The monoisotopic (exact) mass is 282 g/mol. The van der Waals surface area contributed by atoms with Crippen LogP contribution in [0.3, 0.4) is 0 Å². The molecular formula is C8H17O3Sb. The summed E-state index contributed by atoms with van der Waals surface area (Å²) in [4.78, 5) is 14.7. The number of esters is 1. The fourth-order valence-electron chi connectivity index (χ4n) is 0.528. The Morgan fingerprint density at radius 1 is 1.42 bits per heavy atom.